The van der Waals surface area contributed by atoms with E-state index in [1.165, 1.54) is 11.3 Å². The van der Waals surface area contributed by atoms with Gasteiger partial charge in [-0.25, -0.2) is 4.39 Å². The average Bonchev–Trinajstić information content (AvgIpc) is 2.66. The second-order valence-corrected chi connectivity index (χ2v) is 7.40. The predicted octanol–water partition coefficient (Wildman–Crippen LogP) is 5.21. The number of nitrogens with zero attached hydrogens (tertiary/aromatic N) is 3. The van der Waals surface area contributed by atoms with Crippen molar-refractivity contribution >= 4 is 5.71 Å². The molecule has 148 valence electrons. The molecule has 0 radical (unpaired) electrons. The number of hydrogen-bond acceptors (Lipinski definition) is 3. The fourth-order valence-corrected chi connectivity index (χ4v) is 3.33. The van der Waals surface area contributed by atoms with E-state index in [4.69, 9.17) is 5.10 Å². The Hall–Kier alpha value is -1.94. The summed E-state index contributed by atoms with van der Waals surface area (Å²) in [4.78, 5) is 2.47. The van der Waals surface area contributed by atoms with Crippen molar-refractivity contribution in [2.45, 2.75) is 52.6 Å². The molecule has 1 heterocycles. The molecule has 1 aromatic rings. The number of benzene rings is 1. The minimum absolute atomic E-state index is 0.307. The molecule has 1 aromatic carbocycles. The van der Waals surface area contributed by atoms with Crippen molar-refractivity contribution in [2.24, 2.45) is 5.10 Å². The van der Waals surface area contributed by atoms with E-state index >= 15 is 0 Å². The van der Waals surface area contributed by atoms with Gasteiger partial charge in [-0.1, -0.05) is 55.5 Å². The topological polar surface area (TPSA) is 18.8 Å². The standard InChI is InChI=1S/C23H34FN3/c1-4-10-21(13-8-15-24)18-27(20(2)3)25-23-14-9-16-26(19-23)17-22-11-6-5-7-12-22/h5-8,10-13,20H,4,9,14-19H2,1-3H3/b13-8-,21-10+,25-23+. The Balaban J connectivity index is 2.04. The molecule has 1 saturated heterocycles. The van der Waals surface area contributed by atoms with Gasteiger partial charge in [0.25, 0.3) is 0 Å². The average molecular weight is 372 g/mol. The molecule has 0 aromatic heterocycles. The highest BCUT2D eigenvalue weighted by Crippen LogP contribution is 2.15. The van der Waals surface area contributed by atoms with Crippen LogP contribution in [0.15, 0.2) is 59.2 Å². The number of allylic oxidation sites excluding steroid dienone is 2. The molecule has 2 rings (SSSR count). The minimum Gasteiger partial charge on any atom is -0.294 e. The first-order chi connectivity index (χ1) is 13.1. The van der Waals surface area contributed by atoms with Gasteiger partial charge in [0.15, 0.2) is 0 Å². The highest BCUT2D eigenvalue weighted by Gasteiger charge is 2.18. The lowest BCUT2D eigenvalue weighted by molar-refractivity contribution is 0.241. The van der Waals surface area contributed by atoms with Crippen molar-refractivity contribution < 1.29 is 4.39 Å². The van der Waals surface area contributed by atoms with E-state index < -0.39 is 6.67 Å². The lowest BCUT2D eigenvalue weighted by atomic mass is 10.1. The summed E-state index contributed by atoms with van der Waals surface area (Å²) in [7, 11) is 0. The molecule has 1 aliphatic heterocycles. The fraction of sp³-hybridized carbons (Fsp3) is 0.522. The summed E-state index contributed by atoms with van der Waals surface area (Å²) in [5.74, 6) is 0. The Morgan fingerprint density at radius 3 is 2.74 bits per heavy atom. The summed E-state index contributed by atoms with van der Waals surface area (Å²) >= 11 is 0. The SMILES string of the molecule is CC/C=C(\C=C/CF)CN(/N=C1\CCCN(Cc2ccccc2)C1)C(C)C. The first kappa shape index (κ1) is 21.4. The van der Waals surface area contributed by atoms with Crippen molar-refractivity contribution in [3.63, 3.8) is 0 Å². The highest BCUT2D eigenvalue weighted by molar-refractivity contribution is 5.86. The summed E-state index contributed by atoms with van der Waals surface area (Å²) in [5, 5.41) is 7.14. The van der Waals surface area contributed by atoms with Crippen LogP contribution in [-0.2, 0) is 6.54 Å². The first-order valence-electron chi connectivity index (χ1n) is 10.1. The largest absolute Gasteiger partial charge is 0.294 e. The first-order valence-corrected chi connectivity index (χ1v) is 10.1. The predicted molar refractivity (Wildman–Crippen MR) is 114 cm³/mol. The molecule has 0 atom stereocenters. The molecule has 27 heavy (non-hydrogen) atoms. The normalized spacial score (nSPS) is 18.0. The van der Waals surface area contributed by atoms with Crippen LogP contribution in [0.2, 0.25) is 0 Å². The molecule has 3 nitrogen and oxygen atoms in total. The molecular formula is C23H34FN3. The van der Waals surface area contributed by atoms with Crippen LogP contribution < -0.4 is 0 Å². The van der Waals surface area contributed by atoms with Crippen LogP contribution >= 0.6 is 0 Å². The van der Waals surface area contributed by atoms with Gasteiger partial charge in [0, 0.05) is 19.1 Å². The molecule has 0 saturated carbocycles. The van der Waals surface area contributed by atoms with Gasteiger partial charge in [0.05, 0.1) is 12.3 Å². The van der Waals surface area contributed by atoms with E-state index in [1.807, 2.05) is 6.08 Å². The van der Waals surface area contributed by atoms with Gasteiger partial charge in [0.1, 0.15) is 6.67 Å². The Bertz CT molecular complexity index is 634. The van der Waals surface area contributed by atoms with E-state index in [-0.39, 0.29) is 0 Å². The van der Waals surface area contributed by atoms with Crippen LogP contribution in [0.3, 0.4) is 0 Å². The van der Waals surface area contributed by atoms with Gasteiger partial charge in [-0.05, 0) is 50.8 Å². The number of rotatable bonds is 9. The molecule has 0 unspecified atom stereocenters. The van der Waals surface area contributed by atoms with Gasteiger partial charge in [-0.15, -0.1) is 0 Å². The monoisotopic (exact) mass is 371 g/mol. The second-order valence-electron chi connectivity index (χ2n) is 7.40. The summed E-state index contributed by atoms with van der Waals surface area (Å²) < 4.78 is 12.5. The summed E-state index contributed by atoms with van der Waals surface area (Å²) in [5.41, 5.74) is 3.73. The molecule has 0 bridgehead atoms. The number of likely N-dealkylation sites (tertiary alicyclic amines) is 1. The third kappa shape index (κ3) is 7.67. The maximum absolute atomic E-state index is 12.5. The van der Waals surface area contributed by atoms with Gasteiger partial charge in [-0.2, -0.15) is 5.10 Å². The second kappa shape index (κ2) is 11.7. The van der Waals surface area contributed by atoms with Crippen molar-refractivity contribution in [1.29, 1.82) is 0 Å². The van der Waals surface area contributed by atoms with Gasteiger partial charge in [0.2, 0.25) is 0 Å². The molecule has 0 amide bonds. The molecule has 0 spiro atoms. The smallest absolute Gasteiger partial charge is 0.108 e. The number of piperidine rings is 1. The lowest BCUT2D eigenvalue weighted by Crippen LogP contribution is -2.37. The Morgan fingerprint density at radius 1 is 1.30 bits per heavy atom. The van der Waals surface area contributed by atoms with Crippen molar-refractivity contribution in [3.05, 3.63) is 59.7 Å². The third-order valence-electron chi connectivity index (χ3n) is 4.69. The van der Waals surface area contributed by atoms with Crippen molar-refractivity contribution in [3.8, 4) is 0 Å². The van der Waals surface area contributed by atoms with E-state index in [1.54, 1.807) is 6.08 Å². The quantitative estimate of drug-likeness (QED) is 0.438. The molecule has 0 aliphatic carbocycles. The van der Waals surface area contributed by atoms with E-state index in [0.717, 1.165) is 51.0 Å². The lowest BCUT2D eigenvalue weighted by Gasteiger charge is -2.31. The van der Waals surface area contributed by atoms with E-state index in [2.05, 4.69) is 67.1 Å². The van der Waals surface area contributed by atoms with Gasteiger partial charge >= 0.3 is 0 Å². The fourth-order valence-electron chi connectivity index (χ4n) is 3.33. The third-order valence-corrected chi connectivity index (χ3v) is 4.69. The van der Waals surface area contributed by atoms with Crippen LogP contribution in [0, 0.1) is 0 Å². The van der Waals surface area contributed by atoms with Crippen LogP contribution in [0.1, 0.15) is 45.6 Å². The van der Waals surface area contributed by atoms with E-state index in [9.17, 15) is 4.39 Å². The Kier molecular flexibility index (Phi) is 9.26. The van der Waals surface area contributed by atoms with E-state index in [0.29, 0.717) is 6.04 Å². The van der Waals surface area contributed by atoms with Crippen LogP contribution in [0.4, 0.5) is 4.39 Å². The number of hydrogen-bond donors (Lipinski definition) is 0. The summed E-state index contributed by atoms with van der Waals surface area (Å²) in [6.45, 7) is 9.75. The van der Waals surface area contributed by atoms with Crippen LogP contribution in [-0.4, -0.2) is 48.0 Å². The van der Waals surface area contributed by atoms with Crippen molar-refractivity contribution in [1.82, 2.24) is 9.91 Å². The highest BCUT2D eigenvalue weighted by atomic mass is 19.1. The molecule has 1 aliphatic rings. The van der Waals surface area contributed by atoms with Crippen LogP contribution in [0.5, 0.6) is 0 Å². The maximum Gasteiger partial charge on any atom is 0.108 e. The maximum atomic E-state index is 12.5. The van der Waals surface area contributed by atoms with Gasteiger partial charge in [-0.3, -0.25) is 9.91 Å². The minimum atomic E-state index is -0.425. The zero-order valence-electron chi connectivity index (χ0n) is 17.1. The zero-order chi connectivity index (χ0) is 19.5. The van der Waals surface area contributed by atoms with Crippen molar-refractivity contribution in [2.75, 3.05) is 26.3 Å². The molecule has 0 N–H and O–H groups in total. The number of halogens is 1. The number of alkyl halides is 1. The summed E-state index contributed by atoms with van der Waals surface area (Å²) in [6, 6.07) is 10.9. The summed E-state index contributed by atoms with van der Waals surface area (Å²) in [6.07, 6.45) is 8.78. The molecule has 1 fully saturated rings. The molecular weight excluding hydrogens is 337 g/mol. The Morgan fingerprint density at radius 2 is 2.07 bits per heavy atom. The van der Waals surface area contributed by atoms with Gasteiger partial charge < -0.3 is 0 Å². The molecule has 4 heteroatoms. The van der Waals surface area contributed by atoms with Crippen LogP contribution in [0.25, 0.3) is 0 Å². The Labute approximate surface area is 164 Å². The number of hydrazone groups is 1. The zero-order valence-corrected chi connectivity index (χ0v) is 17.1.